The molecule has 27 heavy (non-hydrogen) atoms. The van der Waals surface area contributed by atoms with Crippen molar-refractivity contribution in [3.8, 4) is 0 Å². The molecular weight excluding hydrogens is 372 g/mol. The van der Waals surface area contributed by atoms with Crippen LogP contribution < -0.4 is 0 Å². The van der Waals surface area contributed by atoms with E-state index < -0.39 is 22.4 Å². The first-order valence-electron chi connectivity index (χ1n) is 9.29. The number of carbonyl (C=O) groups is 2. The molecule has 1 aliphatic rings. The molecule has 152 valence electrons. The van der Waals surface area contributed by atoms with Crippen LogP contribution in [0.25, 0.3) is 0 Å². The summed E-state index contributed by atoms with van der Waals surface area (Å²) in [6, 6.07) is -0.351. The summed E-state index contributed by atoms with van der Waals surface area (Å²) in [5, 5.41) is 3.80. The molecule has 0 aromatic carbocycles. The molecule has 8 nitrogen and oxygen atoms in total. The predicted molar refractivity (Wildman–Crippen MR) is 99.3 cm³/mol. The molecule has 1 unspecified atom stereocenters. The average molecular weight is 400 g/mol. The Morgan fingerprint density at radius 2 is 2.07 bits per heavy atom. The van der Waals surface area contributed by atoms with Gasteiger partial charge < -0.3 is 14.2 Å². The number of aromatic nitrogens is 1. The van der Waals surface area contributed by atoms with Gasteiger partial charge in [0.1, 0.15) is 5.56 Å². The number of sulfone groups is 1. The van der Waals surface area contributed by atoms with Gasteiger partial charge in [-0.3, -0.25) is 4.79 Å². The standard InChI is InChI=1S/C18H28N2O6S/c1-5-6-8-20(14-7-9-27(23,24)11-14)15(21)10-25-18(22)16-13(4)19-26-17(16)12(2)3/h12,14H,5-11H2,1-4H3. The lowest BCUT2D eigenvalue weighted by Crippen LogP contribution is -2.44. The molecule has 2 rings (SSSR count). The molecule has 1 atom stereocenters. The zero-order valence-corrected chi connectivity index (χ0v) is 17.2. The van der Waals surface area contributed by atoms with Gasteiger partial charge in [-0.1, -0.05) is 32.3 Å². The van der Waals surface area contributed by atoms with Gasteiger partial charge in [-0.2, -0.15) is 0 Å². The summed E-state index contributed by atoms with van der Waals surface area (Å²) in [5.41, 5.74) is 0.669. The van der Waals surface area contributed by atoms with Crippen LogP contribution in [0.4, 0.5) is 0 Å². The summed E-state index contributed by atoms with van der Waals surface area (Å²) >= 11 is 0. The number of esters is 1. The van der Waals surface area contributed by atoms with E-state index >= 15 is 0 Å². The fourth-order valence-corrected chi connectivity index (χ4v) is 4.90. The number of rotatable bonds is 8. The third-order valence-corrected chi connectivity index (χ3v) is 6.42. The molecular formula is C18H28N2O6S. The zero-order chi connectivity index (χ0) is 20.2. The topological polar surface area (TPSA) is 107 Å². The van der Waals surface area contributed by atoms with Gasteiger partial charge in [0.05, 0.1) is 17.2 Å². The number of nitrogens with zero attached hydrogens (tertiary/aromatic N) is 2. The van der Waals surface area contributed by atoms with Crippen molar-refractivity contribution >= 4 is 21.7 Å². The summed E-state index contributed by atoms with van der Waals surface area (Å²) in [5.74, 6) is -0.591. The minimum Gasteiger partial charge on any atom is -0.452 e. The van der Waals surface area contributed by atoms with Gasteiger partial charge >= 0.3 is 5.97 Å². The molecule has 2 heterocycles. The maximum absolute atomic E-state index is 12.6. The fourth-order valence-electron chi connectivity index (χ4n) is 3.17. The van der Waals surface area contributed by atoms with Gasteiger partial charge in [-0.05, 0) is 19.8 Å². The first-order chi connectivity index (χ1) is 12.7. The highest BCUT2D eigenvalue weighted by atomic mass is 32.2. The molecule has 1 aromatic rings. The third kappa shape index (κ3) is 5.31. The highest BCUT2D eigenvalue weighted by Crippen LogP contribution is 2.23. The Bertz CT molecular complexity index is 784. The van der Waals surface area contributed by atoms with E-state index in [0.717, 1.165) is 12.8 Å². The third-order valence-electron chi connectivity index (χ3n) is 4.67. The monoisotopic (exact) mass is 400 g/mol. The molecule has 1 aromatic heterocycles. The second kappa shape index (κ2) is 8.86. The van der Waals surface area contributed by atoms with Crippen LogP contribution in [0, 0.1) is 6.92 Å². The van der Waals surface area contributed by atoms with Crippen molar-refractivity contribution in [2.45, 2.75) is 58.9 Å². The van der Waals surface area contributed by atoms with Crippen molar-refractivity contribution in [1.82, 2.24) is 10.1 Å². The maximum atomic E-state index is 12.6. The Kier molecular flexibility index (Phi) is 7.02. The summed E-state index contributed by atoms with van der Waals surface area (Å²) in [7, 11) is -3.11. The van der Waals surface area contributed by atoms with E-state index in [1.165, 1.54) is 0 Å². The number of aryl methyl sites for hydroxylation is 1. The van der Waals surface area contributed by atoms with Crippen LogP contribution in [0.5, 0.6) is 0 Å². The van der Waals surface area contributed by atoms with E-state index in [1.807, 2.05) is 20.8 Å². The van der Waals surface area contributed by atoms with Gasteiger partial charge in [-0.15, -0.1) is 0 Å². The molecule has 0 saturated carbocycles. The molecule has 1 amide bonds. The van der Waals surface area contributed by atoms with E-state index in [1.54, 1.807) is 11.8 Å². The molecule has 0 bridgehead atoms. The molecule has 1 saturated heterocycles. The number of amides is 1. The number of hydrogen-bond donors (Lipinski definition) is 0. The first kappa shape index (κ1) is 21.4. The Morgan fingerprint density at radius 1 is 1.37 bits per heavy atom. The highest BCUT2D eigenvalue weighted by molar-refractivity contribution is 7.91. The normalized spacial score (nSPS) is 18.6. The average Bonchev–Trinajstić information content (AvgIpc) is 3.15. The minimum absolute atomic E-state index is 0.0291. The van der Waals surface area contributed by atoms with E-state index in [-0.39, 0.29) is 34.9 Å². The fraction of sp³-hybridized carbons (Fsp3) is 0.722. The van der Waals surface area contributed by atoms with Gasteiger partial charge in [0, 0.05) is 18.5 Å². The predicted octanol–water partition coefficient (Wildman–Crippen LogP) is 2.08. The lowest BCUT2D eigenvalue weighted by atomic mass is 10.1. The highest BCUT2D eigenvalue weighted by Gasteiger charge is 2.35. The van der Waals surface area contributed by atoms with Crippen LogP contribution in [0.2, 0.25) is 0 Å². The number of carbonyl (C=O) groups excluding carboxylic acids is 2. The maximum Gasteiger partial charge on any atom is 0.344 e. The first-order valence-corrected chi connectivity index (χ1v) is 11.1. The molecule has 1 fully saturated rings. The van der Waals surface area contributed by atoms with Gasteiger partial charge in [0.15, 0.2) is 22.2 Å². The van der Waals surface area contributed by atoms with Crippen LogP contribution >= 0.6 is 0 Å². The van der Waals surface area contributed by atoms with Crippen LogP contribution in [-0.4, -0.2) is 61.1 Å². The van der Waals surface area contributed by atoms with Crippen molar-refractivity contribution in [2.24, 2.45) is 0 Å². The van der Waals surface area contributed by atoms with Crippen molar-refractivity contribution in [3.63, 3.8) is 0 Å². The molecule has 9 heteroatoms. The summed E-state index contributed by atoms with van der Waals surface area (Å²) in [4.78, 5) is 26.6. The summed E-state index contributed by atoms with van der Waals surface area (Å²) in [6.45, 7) is 7.41. The molecule has 1 aliphatic heterocycles. The van der Waals surface area contributed by atoms with Crippen LogP contribution in [0.1, 0.15) is 67.8 Å². The SMILES string of the molecule is CCCCN(C(=O)COC(=O)c1c(C)noc1C(C)C)C1CCS(=O)(=O)C1. The molecule has 0 spiro atoms. The second-order valence-corrected chi connectivity index (χ2v) is 9.46. The summed E-state index contributed by atoms with van der Waals surface area (Å²) < 4.78 is 33.9. The van der Waals surface area contributed by atoms with E-state index in [0.29, 0.717) is 24.4 Å². The summed E-state index contributed by atoms with van der Waals surface area (Å²) in [6.07, 6.45) is 2.06. The van der Waals surface area contributed by atoms with E-state index in [4.69, 9.17) is 9.26 Å². The number of hydrogen-bond acceptors (Lipinski definition) is 7. The van der Waals surface area contributed by atoms with E-state index in [9.17, 15) is 18.0 Å². The zero-order valence-electron chi connectivity index (χ0n) is 16.4. The van der Waals surface area contributed by atoms with Crippen molar-refractivity contribution in [1.29, 1.82) is 0 Å². The van der Waals surface area contributed by atoms with Crippen LogP contribution in [-0.2, 0) is 19.4 Å². The minimum atomic E-state index is -3.11. The Balaban J connectivity index is 2.05. The van der Waals surface area contributed by atoms with Gasteiger partial charge in [-0.25, -0.2) is 13.2 Å². The van der Waals surface area contributed by atoms with Crippen molar-refractivity contribution in [2.75, 3.05) is 24.7 Å². The number of unbranched alkanes of at least 4 members (excludes halogenated alkanes) is 1. The van der Waals surface area contributed by atoms with Crippen molar-refractivity contribution in [3.05, 3.63) is 17.0 Å². The van der Waals surface area contributed by atoms with Gasteiger partial charge in [0.25, 0.3) is 5.91 Å². The lowest BCUT2D eigenvalue weighted by Gasteiger charge is -2.28. The smallest absolute Gasteiger partial charge is 0.344 e. The quantitative estimate of drug-likeness (QED) is 0.615. The van der Waals surface area contributed by atoms with Crippen LogP contribution in [0.15, 0.2) is 4.52 Å². The molecule has 0 radical (unpaired) electrons. The van der Waals surface area contributed by atoms with E-state index in [2.05, 4.69) is 5.16 Å². The van der Waals surface area contributed by atoms with Gasteiger partial charge in [0.2, 0.25) is 0 Å². The largest absolute Gasteiger partial charge is 0.452 e. The lowest BCUT2D eigenvalue weighted by molar-refractivity contribution is -0.136. The molecule has 0 aliphatic carbocycles. The second-order valence-electron chi connectivity index (χ2n) is 7.24. The van der Waals surface area contributed by atoms with Crippen molar-refractivity contribution < 1.29 is 27.3 Å². The van der Waals surface area contributed by atoms with Crippen LogP contribution in [0.3, 0.4) is 0 Å². The molecule has 0 N–H and O–H groups in total. The number of ether oxygens (including phenoxy) is 1. The Hall–Kier alpha value is -1.90. The Morgan fingerprint density at radius 3 is 2.63 bits per heavy atom. The Labute approximate surface area is 160 Å².